The van der Waals surface area contributed by atoms with Crippen LogP contribution in [0.3, 0.4) is 0 Å². The largest absolute Gasteiger partial charge is 0.419 e. The molecule has 0 radical (unpaired) electrons. The van der Waals surface area contributed by atoms with Gasteiger partial charge in [0.15, 0.2) is 0 Å². The van der Waals surface area contributed by atoms with Gasteiger partial charge >= 0.3 is 6.18 Å². The molecule has 0 aromatic carbocycles. The van der Waals surface area contributed by atoms with Crippen LogP contribution in [0.2, 0.25) is 0 Å². The fourth-order valence-corrected chi connectivity index (χ4v) is 1.03. The minimum atomic E-state index is -4.39. The molecule has 0 aliphatic carbocycles. The van der Waals surface area contributed by atoms with Crippen LogP contribution in [0.15, 0.2) is 18.3 Å². The van der Waals surface area contributed by atoms with E-state index in [-0.39, 0.29) is 18.4 Å². The highest BCUT2D eigenvalue weighted by Crippen LogP contribution is 2.33. The average Bonchev–Trinajstić information content (AvgIpc) is 2.13. The monoisotopic (exact) mass is 219 g/mol. The highest BCUT2D eigenvalue weighted by molar-refractivity contribution is 5.45. The molecule has 0 amide bonds. The maximum Gasteiger partial charge on any atom is 0.419 e. The van der Waals surface area contributed by atoms with E-state index < -0.39 is 11.7 Å². The summed E-state index contributed by atoms with van der Waals surface area (Å²) in [5, 5.41) is 2.56. The minimum absolute atomic E-state index is 0.178. The third kappa shape index (κ3) is 3.39. The third-order valence-corrected chi connectivity index (χ3v) is 1.70. The van der Waals surface area contributed by atoms with Crippen molar-refractivity contribution < 1.29 is 13.2 Å². The van der Waals surface area contributed by atoms with Crippen LogP contribution in [0.4, 0.5) is 19.0 Å². The number of nitrogens with one attached hydrogen (secondary N) is 1. The molecule has 1 aromatic rings. The van der Waals surface area contributed by atoms with Gasteiger partial charge in [0.1, 0.15) is 5.82 Å². The van der Waals surface area contributed by atoms with Crippen LogP contribution in [-0.2, 0) is 6.18 Å². The molecule has 0 saturated carbocycles. The molecule has 0 fully saturated rings. The molecule has 15 heavy (non-hydrogen) atoms. The van der Waals surface area contributed by atoms with E-state index in [0.717, 1.165) is 6.07 Å². The predicted octanol–water partition coefficient (Wildman–Crippen LogP) is 1.86. The smallest absolute Gasteiger partial charge is 0.368 e. The first-order chi connectivity index (χ1) is 6.91. The number of halogens is 3. The lowest BCUT2D eigenvalue weighted by Crippen LogP contribution is -2.26. The van der Waals surface area contributed by atoms with E-state index in [1.165, 1.54) is 12.3 Å². The number of nitrogens with zero attached hydrogens (tertiary/aromatic N) is 1. The molecule has 6 heteroatoms. The number of rotatable bonds is 3. The van der Waals surface area contributed by atoms with Crippen LogP contribution in [0.5, 0.6) is 0 Å². The van der Waals surface area contributed by atoms with Gasteiger partial charge in [-0.15, -0.1) is 0 Å². The van der Waals surface area contributed by atoms with E-state index in [9.17, 15) is 13.2 Å². The average molecular weight is 219 g/mol. The Morgan fingerprint density at radius 2 is 2.20 bits per heavy atom. The first-order valence-corrected chi connectivity index (χ1v) is 4.43. The lowest BCUT2D eigenvalue weighted by Gasteiger charge is -2.14. The van der Waals surface area contributed by atoms with Crippen molar-refractivity contribution in [2.75, 3.05) is 11.9 Å². The third-order valence-electron chi connectivity index (χ3n) is 1.70. The summed E-state index contributed by atoms with van der Waals surface area (Å²) in [6.45, 7) is 1.95. The maximum atomic E-state index is 12.5. The second-order valence-electron chi connectivity index (χ2n) is 3.26. The Morgan fingerprint density at radius 3 is 2.73 bits per heavy atom. The summed E-state index contributed by atoms with van der Waals surface area (Å²) in [4.78, 5) is 3.63. The van der Waals surface area contributed by atoms with E-state index in [1.807, 2.05) is 0 Å². The van der Waals surface area contributed by atoms with E-state index in [1.54, 1.807) is 6.92 Å². The van der Waals surface area contributed by atoms with Crippen molar-refractivity contribution in [1.82, 2.24) is 4.98 Å². The Kier molecular flexibility index (Phi) is 3.52. The zero-order valence-electron chi connectivity index (χ0n) is 8.17. The van der Waals surface area contributed by atoms with Gasteiger partial charge in [-0.1, -0.05) is 0 Å². The van der Waals surface area contributed by atoms with Crippen LogP contribution in [0, 0.1) is 0 Å². The predicted molar refractivity (Wildman–Crippen MR) is 51.4 cm³/mol. The molecule has 0 aliphatic rings. The Morgan fingerprint density at radius 1 is 1.53 bits per heavy atom. The van der Waals surface area contributed by atoms with E-state index in [4.69, 9.17) is 5.73 Å². The van der Waals surface area contributed by atoms with E-state index in [0.29, 0.717) is 0 Å². The SMILES string of the molecule is CC(N)CNc1ncccc1C(F)(F)F. The highest BCUT2D eigenvalue weighted by Gasteiger charge is 2.33. The number of anilines is 1. The zero-order valence-corrected chi connectivity index (χ0v) is 8.17. The van der Waals surface area contributed by atoms with Crippen molar-refractivity contribution in [2.45, 2.75) is 19.1 Å². The zero-order chi connectivity index (χ0) is 11.5. The quantitative estimate of drug-likeness (QED) is 0.815. The molecule has 1 unspecified atom stereocenters. The van der Waals surface area contributed by atoms with Gasteiger partial charge in [0.25, 0.3) is 0 Å². The van der Waals surface area contributed by atoms with Gasteiger partial charge in [-0.3, -0.25) is 0 Å². The van der Waals surface area contributed by atoms with Gasteiger partial charge < -0.3 is 11.1 Å². The van der Waals surface area contributed by atoms with Crippen molar-refractivity contribution in [3.63, 3.8) is 0 Å². The Bertz CT molecular complexity index is 323. The maximum absolute atomic E-state index is 12.5. The number of hydrogen-bond donors (Lipinski definition) is 2. The summed E-state index contributed by atoms with van der Waals surface area (Å²) < 4.78 is 37.4. The highest BCUT2D eigenvalue weighted by atomic mass is 19.4. The molecule has 0 spiro atoms. The summed E-state index contributed by atoms with van der Waals surface area (Å²) in [7, 11) is 0. The van der Waals surface area contributed by atoms with E-state index >= 15 is 0 Å². The second-order valence-corrected chi connectivity index (χ2v) is 3.26. The summed E-state index contributed by atoms with van der Waals surface area (Å²) >= 11 is 0. The molecule has 0 bridgehead atoms. The molecule has 84 valence electrons. The van der Waals surface area contributed by atoms with Crippen LogP contribution < -0.4 is 11.1 Å². The first-order valence-electron chi connectivity index (χ1n) is 4.43. The van der Waals surface area contributed by atoms with Crippen molar-refractivity contribution in [3.8, 4) is 0 Å². The van der Waals surface area contributed by atoms with Gasteiger partial charge in [-0.25, -0.2) is 4.98 Å². The van der Waals surface area contributed by atoms with Crippen LogP contribution >= 0.6 is 0 Å². The van der Waals surface area contributed by atoms with Crippen LogP contribution in [-0.4, -0.2) is 17.6 Å². The van der Waals surface area contributed by atoms with Crippen molar-refractivity contribution in [3.05, 3.63) is 23.9 Å². The topological polar surface area (TPSA) is 50.9 Å². The second kappa shape index (κ2) is 4.48. The van der Waals surface area contributed by atoms with Crippen LogP contribution in [0.25, 0.3) is 0 Å². The molecule has 1 rings (SSSR count). The summed E-state index contributed by atoms with van der Waals surface area (Å²) in [6.07, 6.45) is -3.09. The Hall–Kier alpha value is -1.30. The van der Waals surface area contributed by atoms with Crippen molar-refractivity contribution in [2.24, 2.45) is 5.73 Å². The lowest BCUT2D eigenvalue weighted by molar-refractivity contribution is -0.137. The Balaban J connectivity index is 2.87. The normalized spacial score (nSPS) is 13.7. The van der Waals surface area contributed by atoms with Gasteiger partial charge in [0.05, 0.1) is 5.56 Å². The minimum Gasteiger partial charge on any atom is -0.368 e. The molecular formula is C9H12F3N3. The number of nitrogens with two attached hydrogens (primary N) is 1. The number of alkyl halides is 3. The molecule has 1 heterocycles. The molecular weight excluding hydrogens is 207 g/mol. The summed E-state index contributed by atoms with van der Waals surface area (Å²) in [5.41, 5.74) is 4.66. The fourth-order valence-electron chi connectivity index (χ4n) is 1.03. The molecule has 1 atom stereocenters. The van der Waals surface area contributed by atoms with Gasteiger partial charge in [0.2, 0.25) is 0 Å². The Labute approximate surface area is 85.5 Å². The van der Waals surface area contributed by atoms with E-state index in [2.05, 4.69) is 10.3 Å². The molecule has 1 aromatic heterocycles. The van der Waals surface area contributed by atoms with Gasteiger partial charge in [-0.05, 0) is 19.1 Å². The molecule has 3 N–H and O–H groups in total. The summed E-state index contributed by atoms with van der Waals surface area (Å²) in [5.74, 6) is -0.178. The number of pyridine rings is 1. The lowest BCUT2D eigenvalue weighted by atomic mass is 10.2. The van der Waals surface area contributed by atoms with Gasteiger partial charge in [0, 0.05) is 18.8 Å². The van der Waals surface area contributed by atoms with Crippen LogP contribution in [0.1, 0.15) is 12.5 Å². The van der Waals surface area contributed by atoms with Crippen molar-refractivity contribution >= 4 is 5.82 Å². The summed E-state index contributed by atoms with van der Waals surface area (Å²) in [6, 6.07) is 2.00. The van der Waals surface area contributed by atoms with Crippen molar-refractivity contribution in [1.29, 1.82) is 0 Å². The first kappa shape index (κ1) is 11.8. The molecule has 0 aliphatic heterocycles. The molecule has 0 saturated heterocycles. The fraction of sp³-hybridized carbons (Fsp3) is 0.444. The standard InChI is InChI=1S/C9H12F3N3/c1-6(13)5-15-8-7(9(10,11)12)3-2-4-14-8/h2-4,6H,5,13H2,1H3,(H,14,15). The molecule has 3 nitrogen and oxygen atoms in total. The van der Waals surface area contributed by atoms with Gasteiger partial charge in [-0.2, -0.15) is 13.2 Å². The number of hydrogen-bond acceptors (Lipinski definition) is 3. The number of aromatic nitrogens is 1.